The predicted octanol–water partition coefficient (Wildman–Crippen LogP) is 3.53. The lowest BCUT2D eigenvalue weighted by Gasteiger charge is -2.14. The van der Waals surface area contributed by atoms with Gasteiger partial charge < -0.3 is 0 Å². The highest BCUT2D eigenvalue weighted by Crippen LogP contribution is 2.22. The molecule has 2 aromatic rings. The first-order valence-electron chi connectivity index (χ1n) is 6.97. The SMILES string of the molecule is C#Cc1cc2cc(C#C)c1CCc1ccc(cc1)CC2. The molecule has 0 heterocycles. The Morgan fingerprint density at radius 3 is 1.60 bits per heavy atom. The van der Waals surface area contributed by atoms with Gasteiger partial charge in [0.2, 0.25) is 0 Å². The molecule has 0 heteroatoms. The van der Waals surface area contributed by atoms with Crippen LogP contribution in [0.4, 0.5) is 0 Å². The number of hydrogen-bond acceptors (Lipinski definition) is 0. The summed E-state index contributed by atoms with van der Waals surface area (Å²) >= 11 is 0. The zero-order valence-corrected chi connectivity index (χ0v) is 11.4. The molecule has 4 aliphatic rings. The summed E-state index contributed by atoms with van der Waals surface area (Å²) in [7, 11) is 0. The van der Waals surface area contributed by atoms with Crippen molar-refractivity contribution in [1.29, 1.82) is 0 Å². The van der Waals surface area contributed by atoms with Crippen LogP contribution in [-0.2, 0) is 25.7 Å². The Labute approximate surface area is 120 Å². The second-order valence-corrected chi connectivity index (χ2v) is 5.27. The third kappa shape index (κ3) is 2.34. The van der Waals surface area contributed by atoms with Crippen LogP contribution in [0, 0.1) is 24.7 Å². The Morgan fingerprint density at radius 1 is 0.650 bits per heavy atom. The first-order valence-corrected chi connectivity index (χ1v) is 6.97. The summed E-state index contributed by atoms with van der Waals surface area (Å²) in [6.07, 6.45) is 15.2. The molecule has 0 atom stereocenters. The van der Waals surface area contributed by atoms with E-state index in [1.807, 2.05) is 0 Å². The van der Waals surface area contributed by atoms with E-state index in [1.54, 1.807) is 0 Å². The predicted molar refractivity (Wildman–Crippen MR) is 83.6 cm³/mol. The fourth-order valence-electron chi connectivity index (χ4n) is 2.83. The maximum Gasteiger partial charge on any atom is 0.0289 e. The molecule has 0 unspecified atom stereocenters. The summed E-state index contributed by atoms with van der Waals surface area (Å²) < 4.78 is 0. The van der Waals surface area contributed by atoms with Crippen LogP contribution in [0.2, 0.25) is 0 Å². The van der Waals surface area contributed by atoms with E-state index in [0.29, 0.717) is 0 Å². The van der Waals surface area contributed by atoms with E-state index in [2.05, 4.69) is 48.2 Å². The van der Waals surface area contributed by atoms with Crippen molar-refractivity contribution in [3.05, 3.63) is 69.8 Å². The molecule has 0 radical (unpaired) electrons. The Morgan fingerprint density at radius 2 is 1.10 bits per heavy atom. The maximum absolute atomic E-state index is 5.67. The molecule has 0 aliphatic heterocycles. The van der Waals surface area contributed by atoms with Crippen LogP contribution < -0.4 is 0 Å². The van der Waals surface area contributed by atoms with Crippen molar-refractivity contribution in [1.82, 2.24) is 0 Å². The molecule has 0 spiro atoms. The van der Waals surface area contributed by atoms with Gasteiger partial charge in [-0.25, -0.2) is 0 Å². The third-order valence-electron chi connectivity index (χ3n) is 4.01. The summed E-state index contributed by atoms with van der Waals surface area (Å²) in [6, 6.07) is 13.2. The molecule has 6 rings (SSSR count). The Hall–Kier alpha value is -2.44. The highest BCUT2D eigenvalue weighted by molar-refractivity contribution is 5.53. The topological polar surface area (TPSA) is 0 Å². The molecule has 0 nitrogen and oxygen atoms in total. The molecule has 0 N–H and O–H groups in total. The number of hydrogen-bond donors (Lipinski definition) is 0. The van der Waals surface area contributed by atoms with Crippen molar-refractivity contribution in [2.45, 2.75) is 25.7 Å². The van der Waals surface area contributed by atoms with Crippen LogP contribution in [0.1, 0.15) is 33.4 Å². The lowest BCUT2D eigenvalue weighted by Crippen LogP contribution is -2.03. The van der Waals surface area contributed by atoms with Gasteiger partial charge in [-0.2, -0.15) is 0 Å². The van der Waals surface area contributed by atoms with E-state index in [9.17, 15) is 0 Å². The molecular weight excluding hydrogens is 240 g/mol. The highest BCUT2D eigenvalue weighted by Gasteiger charge is 2.10. The fourth-order valence-corrected chi connectivity index (χ4v) is 2.83. The number of benzene rings is 2. The van der Waals surface area contributed by atoms with Crippen molar-refractivity contribution in [2.24, 2.45) is 0 Å². The minimum absolute atomic E-state index is 0.901. The average molecular weight is 256 g/mol. The summed E-state index contributed by atoms with van der Waals surface area (Å²) in [5.41, 5.74) is 7.01. The van der Waals surface area contributed by atoms with Crippen LogP contribution in [0.3, 0.4) is 0 Å². The summed E-state index contributed by atoms with van der Waals surface area (Å²) in [5.74, 6) is 5.62. The monoisotopic (exact) mass is 256 g/mol. The number of aryl methyl sites for hydroxylation is 3. The van der Waals surface area contributed by atoms with E-state index in [4.69, 9.17) is 12.8 Å². The van der Waals surface area contributed by atoms with Crippen molar-refractivity contribution >= 4 is 0 Å². The molecule has 4 bridgehead atoms. The Kier molecular flexibility index (Phi) is 3.32. The normalized spacial score (nSPS) is 13.1. The number of terminal acetylenes is 2. The molecule has 20 heavy (non-hydrogen) atoms. The number of rotatable bonds is 0. The maximum atomic E-state index is 5.67. The lowest BCUT2D eigenvalue weighted by atomic mass is 9.90. The van der Waals surface area contributed by atoms with Crippen LogP contribution in [0.15, 0.2) is 36.4 Å². The molecule has 96 valence electrons. The van der Waals surface area contributed by atoms with Gasteiger partial charge in [-0.15, -0.1) is 12.8 Å². The smallest absolute Gasteiger partial charge is 0.0289 e. The average Bonchev–Trinajstić information content (AvgIpc) is 2.49. The molecule has 0 amide bonds. The summed E-state index contributed by atoms with van der Waals surface area (Å²) in [4.78, 5) is 0. The molecule has 0 fully saturated rings. The van der Waals surface area contributed by atoms with Crippen molar-refractivity contribution in [3.63, 3.8) is 0 Å². The van der Waals surface area contributed by atoms with Crippen molar-refractivity contribution in [2.75, 3.05) is 0 Å². The van der Waals surface area contributed by atoms with Crippen LogP contribution >= 0.6 is 0 Å². The van der Waals surface area contributed by atoms with E-state index < -0.39 is 0 Å². The van der Waals surface area contributed by atoms with Gasteiger partial charge >= 0.3 is 0 Å². The van der Waals surface area contributed by atoms with E-state index in [0.717, 1.165) is 42.4 Å². The van der Waals surface area contributed by atoms with E-state index >= 15 is 0 Å². The van der Waals surface area contributed by atoms with E-state index in [-0.39, 0.29) is 0 Å². The van der Waals surface area contributed by atoms with Gasteiger partial charge in [0, 0.05) is 11.1 Å². The molecule has 0 saturated heterocycles. The summed E-state index contributed by atoms with van der Waals surface area (Å²) in [5, 5.41) is 0. The third-order valence-corrected chi connectivity index (χ3v) is 4.01. The lowest BCUT2D eigenvalue weighted by molar-refractivity contribution is 0.915. The van der Waals surface area contributed by atoms with Gasteiger partial charge in [-0.1, -0.05) is 36.1 Å². The Bertz CT molecular complexity index is 683. The molecule has 4 aliphatic carbocycles. The van der Waals surface area contributed by atoms with Gasteiger partial charge in [0.15, 0.2) is 0 Å². The highest BCUT2D eigenvalue weighted by atomic mass is 14.1. The van der Waals surface area contributed by atoms with Crippen molar-refractivity contribution in [3.8, 4) is 24.7 Å². The molecule has 0 aromatic heterocycles. The van der Waals surface area contributed by atoms with Crippen LogP contribution in [-0.4, -0.2) is 0 Å². The molecule has 2 aromatic carbocycles. The second-order valence-electron chi connectivity index (χ2n) is 5.27. The van der Waals surface area contributed by atoms with Gasteiger partial charge in [0.1, 0.15) is 0 Å². The zero-order valence-electron chi connectivity index (χ0n) is 11.4. The van der Waals surface area contributed by atoms with Crippen LogP contribution in [0.5, 0.6) is 0 Å². The van der Waals surface area contributed by atoms with Gasteiger partial charge in [-0.05, 0) is 60.1 Å². The quantitative estimate of drug-likeness (QED) is 0.633. The largest absolute Gasteiger partial charge is 0.115 e. The molecular formula is C20H16. The van der Waals surface area contributed by atoms with Gasteiger partial charge in [-0.3, -0.25) is 0 Å². The Balaban J connectivity index is 2.13. The molecule has 0 saturated carbocycles. The second kappa shape index (κ2) is 5.28. The standard InChI is InChI=1S/C20H16/c1-3-18-13-17-10-9-15-5-7-16(8-6-15)11-12-20(18)19(4-2)14-17/h1-2,5-8,13-14H,9-12H2. The minimum atomic E-state index is 0.901. The first kappa shape index (κ1) is 12.6. The fraction of sp³-hybridized carbons (Fsp3) is 0.200. The summed E-state index contributed by atoms with van der Waals surface area (Å²) in [6.45, 7) is 0. The van der Waals surface area contributed by atoms with Crippen LogP contribution in [0.25, 0.3) is 0 Å². The minimum Gasteiger partial charge on any atom is -0.115 e. The first-order chi connectivity index (χ1) is 9.80. The zero-order chi connectivity index (χ0) is 13.9. The van der Waals surface area contributed by atoms with E-state index in [1.165, 1.54) is 16.7 Å². The van der Waals surface area contributed by atoms with Gasteiger partial charge in [0.25, 0.3) is 0 Å². The van der Waals surface area contributed by atoms with Crippen molar-refractivity contribution < 1.29 is 0 Å². The van der Waals surface area contributed by atoms with Gasteiger partial charge in [0.05, 0.1) is 0 Å².